The molecule has 0 saturated carbocycles. The molecule has 29 heavy (non-hydrogen) atoms. The van der Waals surface area contributed by atoms with Gasteiger partial charge < -0.3 is 9.88 Å². The van der Waals surface area contributed by atoms with Crippen LogP contribution in [0.15, 0.2) is 36.4 Å². The molecule has 0 radical (unpaired) electrons. The van der Waals surface area contributed by atoms with Crippen molar-refractivity contribution >= 4 is 16.8 Å². The van der Waals surface area contributed by atoms with Crippen molar-refractivity contribution in [1.82, 2.24) is 9.88 Å². The number of fused-ring (bicyclic) bond motifs is 1. The Bertz CT molecular complexity index is 1010. The second-order valence-corrected chi connectivity index (χ2v) is 7.12. The molecule has 1 amide bonds. The van der Waals surface area contributed by atoms with Gasteiger partial charge in [-0.25, -0.2) is 13.2 Å². The summed E-state index contributed by atoms with van der Waals surface area (Å²) in [7, 11) is 0. The lowest BCUT2D eigenvalue weighted by atomic mass is 9.94. The number of aromatic amines is 1. The second-order valence-electron chi connectivity index (χ2n) is 7.12. The minimum atomic E-state index is -0.656. The standard InChI is InChI=1S/C21H19F3N2O.C2H6/c1-12(27)26-7-6-13(11-26)8-17-18-9-16(23)10-19(24)21(18)25-20(17)14-2-4-15(22)5-3-14;1-2/h2-5,9-10,13,25H,6-8,11H2,1H3;1-2H3. The van der Waals surface area contributed by atoms with Crippen LogP contribution in [0, 0.1) is 23.4 Å². The van der Waals surface area contributed by atoms with Crippen molar-refractivity contribution in [3.05, 3.63) is 59.4 Å². The first-order chi connectivity index (χ1) is 13.9. The molecular formula is C23H25F3N2O. The van der Waals surface area contributed by atoms with Gasteiger partial charge in [-0.3, -0.25) is 4.79 Å². The Morgan fingerprint density at radius 3 is 2.41 bits per heavy atom. The van der Waals surface area contributed by atoms with E-state index in [1.807, 2.05) is 13.8 Å². The Kier molecular flexibility index (Phi) is 6.30. The molecule has 0 spiro atoms. The number of carbonyl (C=O) groups is 1. The molecule has 0 bridgehead atoms. The molecule has 1 N–H and O–H groups in total. The van der Waals surface area contributed by atoms with Crippen LogP contribution in [0.5, 0.6) is 0 Å². The number of rotatable bonds is 3. The molecule has 2 aromatic carbocycles. The average molecular weight is 402 g/mol. The van der Waals surface area contributed by atoms with Gasteiger partial charge in [0, 0.05) is 37.2 Å². The monoisotopic (exact) mass is 402 g/mol. The third-order valence-electron chi connectivity index (χ3n) is 5.29. The van der Waals surface area contributed by atoms with Crippen LogP contribution in [0.2, 0.25) is 0 Å². The van der Waals surface area contributed by atoms with Gasteiger partial charge in [0.15, 0.2) is 0 Å². The number of H-pyrrole nitrogens is 1. The van der Waals surface area contributed by atoms with E-state index in [1.54, 1.807) is 24.0 Å². The molecule has 1 saturated heterocycles. The van der Waals surface area contributed by atoms with Crippen molar-refractivity contribution in [2.75, 3.05) is 13.1 Å². The molecule has 3 aromatic rings. The van der Waals surface area contributed by atoms with E-state index < -0.39 is 11.6 Å². The van der Waals surface area contributed by atoms with Crippen molar-refractivity contribution in [3.63, 3.8) is 0 Å². The van der Waals surface area contributed by atoms with E-state index in [1.165, 1.54) is 18.2 Å². The minimum absolute atomic E-state index is 0.0345. The molecular weight excluding hydrogens is 377 g/mol. The van der Waals surface area contributed by atoms with E-state index in [0.717, 1.165) is 18.1 Å². The summed E-state index contributed by atoms with van der Waals surface area (Å²) in [6.07, 6.45) is 1.42. The third-order valence-corrected chi connectivity index (χ3v) is 5.29. The topological polar surface area (TPSA) is 36.1 Å². The molecule has 154 valence electrons. The highest BCUT2D eigenvalue weighted by molar-refractivity contribution is 5.91. The maximum atomic E-state index is 14.3. The number of likely N-dealkylation sites (tertiary alicyclic amines) is 1. The number of halogens is 3. The van der Waals surface area contributed by atoms with Crippen LogP contribution in [0.3, 0.4) is 0 Å². The molecule has 4 rings (SSSR count). The van der Waals surface area contributed by atoms with Crippen molar-refractivity contribution in [2.24, 2.45) is 5.92 Å². The van der Waals surface area contributed by atoms with Crippen molar-refractivity contribution < 1.29 is 18.0 Å². The molecule has 1 aliphatic heterocycles. The van der Waals surface area contributed by atoms with Crippen LogP contribution in [0.1, 0.15) is 32.8 Å². The fourth-order valence-electron chi connectivity index (χ4n) is 3.92. The van der Waals surface area contributed by atoms with Crippen molar-refractivity contribution in [3.8, 4) is 11.3 Å². The Morgan fingerprint density at radius 1 is 1.10 bits per heavy atom. The van der Waals surface area contributed by atoms with Gasteiger partial charge in [-0.15, -0.1) is 0 Å². The number of hydrogen-bond acceptors (Lipinski definition) is 1. The molecule has 2 heterocycles. The summed E-state index contributed by atoms with van der Waals surface area (Å²) < 4.78 is 41.5. The van der Waals surface area contributed by atoms with E-state index in [4.69, 9.17) is 0 Å². The fourth-order valence-corrected chi connectivity index (χ4v) is 3.92. The highest BCUT2D eigenvalue weighted by Crippen LogP contribution is 2.35. The Balaban J connectivity index is 0.00000117. The summed E-state index contributed by atoms with van der Waals surface area (Å²) in [5, 5.41) is 0.494. The largest absolute Gasteiger partial charge is 0.352 e. The van der Waals surface area contributed by atoms with Crippen LogP contribution in [0.25, 0.3) is 22.2 Å². The van der Waals surface area contributed by atoms with Crippen LogP contribution in [-0.2, 0) is 11.2 Å². The summed E-state index contributed by atoms with van der Waals surface area (Å²) in [5.41, 5.74) is 2.41. The number of nitrogens with zero attached hydrogens (tertiary/aromatic N) is 1. The lowest BCUT2D eigenvalue weighted by molar-refractivity contribution is -0.127. The van der Waals surface area contributed by atoms with Gasteiger partial charge in [0.05, 0.1) is 5.52 Å². The lowest BCUT2D eigenvalue weighted by Crippen LogP contribution is -2.26. The summed E-state index contributed by atoms with van der Waals surface area (Å²) in [5.74, 6) is -1.41. The lowest BCUT2D eigenvalue weighted by Gasteiger charge is -2.14. The molecule has 1 atom stereocenters. The van der Waals surface area contributed by atoms with Gasteiger partial charge in [-0.2, -0.15) is 0 Å². The molecule has 1 aliphatic rings. The average Bonchev–Trinajstić information content (AvgIpc) is 3.30. The Labute approximate surface area is 168 Å². The summed E-state index contributed by atoms with van der Waals surface area (Å²) >= 11 is 0. The van der Waals surface area contributed by atoms with E-state index in [2.05, 4.69) is 4.98 Å². The quantitative estimate of drug-likeness (QED) is 0.600. The van der Waals surface area contributed by atoms with Gasteiger partial charge >= 0.3 is 0 Å². The maximum absolute atomic E-state index is 14.3. The predicted molar refractivity (Wildman–Crippen MR) is 109 cm³/mol. The molecule has 6 heteroatoms. The highest BCUT2D eigenvalue weighted by atomic mass is 19.1. The highest BCUT2D eigenvalue weighted by Gasteiger charge is 2.27. The zero-order chi connectivity index (χ0) is 21.1. The molecule has 3 nitrogen and oxygen atoms in total. The summed E-state index contributed by atoms with van der Waals surface area (Å²) in [6, 6.07) is 8.10. The van der Waals surface area contributed by atoms with Gasteiger partial charge in [0.2, 0.25) is 5.91 Å². The molecule has 1 fully saturated rings. The fraction of sp³-hybridized carbons (Fsp3) is 0.348. The molecule has 1 unspecified atom stereocenters. The van der Waals surface area contributed by atoms with Gasteiger partial charge in [-0.1, -0.05) is 13.8 Å². The molecule has 1 aromatic heterocycles. The van der Waals surface area contributed by atoms with Crippen LogP contribution >= 0.6 is 0 Å². The number of nitrogens with one attached hydrogen (secondary N) is 1. The first kappa shape index (κ1) is 21.0. The number of carbonyl (C=O) groups excluding carboxylic acids is 1. The predicted octanol–water partition coefficient (Wildman–Crippen LogP) is 5.69. The van der Waals surface area contributed by atoms with E-state index in [0.29, 0.717) is 36.2 Å². The summed E-state index contributed by atoms with van der Waals surface area (Å²) in [4.78, 5) is 16.4. The number of aromatic nitrogens is 1. The maximum Gasteiger partial charge on any atom is 0.219 e. The van der Waals surface area contributed by atoms with E-state index in [-0.39, 0.29) is 23.2 Å². The number of hydrogen-bond donors (Lipinski definition) is 1. The van der Waals surface area contributed by atoms with Gasteiger partial charge in [0.1, 0.15) is 17.5 Å². The van der Waals surface area contributed by atoms with E-state index in [9.17, 15) is 18.0 Å². The third kappa shape index (κ3) is 4.31. The number of benzene rings is 2. The smallest absolute Gasteiger partial charge is 0.219 e. The van der Waals surface area contributed by atoms with E-state index >= 15 is 0 Å². The van der Waals surface area contributed by atoms with Crippen LogP contribution < -0.4 is 0 Å². The number of amides is 1. The second kappa shape index (κ2) is 8.72. The SMILES string of the molecule is CC.CC(=O)N1CCC(Cc2c(-c3ccc(F)cc3)[nH]c3c(F)cc(F)cc23)C1. The van der Waals surface area contributed by atoms with Gasteiger partial charge in [-0.05, 0) is 60.2 Å². The van der Waals surface area contributed by atoms with Gasteiger partial charge in [0.25, 0.3) is 0 Å². The van der Waals surface area contributed by atoms with Crippen molar-refractivity contribution in [2.45, 2.75) is 33.6 Å². The normalized spacial score (nSPS) is 16.1. The summed E-state index contributed by atoms with van der Waals surface area (Å²) in [6.45, 7) is 6.86. The molecule has 0 aliphatic carbocycles. The van der Waals surface area contributed by atoms with Crippen molar-refractivity contribution in [1.29, 1.82) is 0 Å². The first-order valence-corrected chi connectivity index (χ1v) is 9.93. The Hall–Kier alpha value is -2.76. The first-order valence-electron chi connectivity index (χ1n) is 9.93. The van der Waals surface area contributed by atoms with Crippen LogP contribution in [-0.4, -0.2) is 28.9 Å². The van der Waals surface area contributed by atoms with Crippen LogP contribution in [0.4, 0.5) is 13.2 Å². The minimum Gasteiger partial charge on any atom is -0.352 e. The zero-order valence-electron chi connectivity index (χ0n) is 16.9. The Morgan fingerprint density at radius 2 is 1.79 bits per heavy atom. The zero-order valence-corrected chi connectivity index (χ0v) is 16.9.